The van der Waals surface area contributed by atoms with Crippen LogP contribution < -0.4 is 4.90 Å². The van der Waals surface area contributed by atoms with Gasteiger partial charge < -0.3 is 9.88 Å². The van der Waals surface area contributed by atoms with E-state index >= 15 is 0 Å². The number of nitrogens with one attached hydrogen (secondary N) is 1. The van der Waals surface area contributed by atoms with Crippen LogP contribution in [0, 0.1) is 0 Å². The van der Waals surface area contributed by atoms with Gasteiger partial charge in [0.05, 0.1) is 6.20 Å². The molecule has 3 heteroatoms. The Morgan fingerprint density at radius 1 is 1.57 bits per heavy atom. The van der Waals surface area contributed by atoms with Crippen LogP contribution in [-0.2, 0) is 6.42 Å². The molecule has 0 spiro atoms. The van der Waals surface area contributed by atoms with Gasteiger partial charge in [0.15, 0.2) is 0 Å². The van der Waals surface area contributed by atoms with E-state index in [2.05, 4.69) is 35.6 Å². The van der Waals surface area contributed by atoms with Crippen molar-refractivity contribution in [1.29, 1.82) is 0 Å². The van der Waals surface area contributed by atoms with E-state index in [1.54, 1.807) is 0 Å². The van der Waals surface area contributed by atoms with Crippen LogP contribution in [-0.4, -0.2) is 22.1 Å². The largest absolute Gasteiger partial charge is 0.337 e. The molecule has 1 fully saturated rings. The van der Waals surface area contributed by atoms with Crippen molar-refractivity contribution >= 4 is 5.95 Å². The minimum absolute atomic E-state index is 0.267. The fourth-order valence-electron chi connectivity index (χ4n) is 2.16. The SMILES string of the molecule is CCc1cnc(N2CCCC2(C)C)[nH]1. The van der Waals surface area contributed by atoms with Crippen molar-refractivity contribution in [2.24, 2.45) is 0 Å². The Morgan fingerprint density at radius 2 is 2.36 bits per heavy atom. The van der Waals surface area contributed by atoms with Gasteiger partial charge in [0, 0.05) is 17.8 Å². The third-order valence-corrected chi connectivity index (χ3v) is 3.15. The zero-order chi connectivity index (χ0) is 10.2. The Balaban J connectivity index is 2.22. The lowest BCUT2D eigenvalue weighted by Gasteiger charge is -2.31. The monoisotopic (exact) mass is 193 g/mol. The number of aromatic amines is 1. The molecule has 0 saturated carbocycles. The molecule has 78 valence electrons. The molecule has 1 aromatic heterocycles. The molecule has 0 radical (unpaired) electrons. The maximum absolute atomic E-state index is 4.44. The quantitative estimate of drug-likeness (QED) is 0.782. The Labute approximate surface area is 85.5 Å². The first kappa shape index (κ1) is 9.56. The number of hydrogen-bond acceptors (Lipinski definition) is 2. The fourth-order valence-corrected chi connectivity index (χ4v) is 2.16. The summed E-state index contributed by atoms with van der Waals surface area (Å²) in [6, 6.07) is 0. The zero-order valence-electron chi connectivity index (χ0n) is 9.30. The minimum Gasteiger partial charge on any atom is -0.337 e. The van der Waals surface area contributed by atoms with Gasteiger partial charge in [-0.2, -0.15) is 0 Å². The Hall–Kier alpha value is -0.990. The van der Waals surface area contributed by atoms with Crippen LogP contribution in [0.25, 0.3) is 0 Å². The molecule has 0 atom stereocenters. The van der Waals surface area contributed by atoms with Gasteiger partial charge in [-0.25, -0.2) is 4.98 Å². The average Bonchev–Trinajstić information content (AvgIpc) is 2.70. The summed E-state index contributed by atoms with van der Waals surface area (Å²) in [4.78, 5) is 10.2. The topological polar surface area (TPSA) is 31.9 Å². The number of H-pyrrole nitrogens is 1. The van der Waals surface area contributed by atoms with Gasteiger partial charge in [-0.15, -0.1) is 0 Å². The van der Waals surface area contributed by atoms with Crippen LogP contribution in [0.2, 0.25) is 0 Å². The number of aryl methyl sites for hydroxylation is 1. The van der Waals surface area contributed by atoms with Crippen LogP contribution in [0.4, 0.5) is 5.95 Å². The molecule has 2 heterocycles. The zero-order valence-corrected chi connectivity index (χ0v) is 9.30. The number of anilines is 1. The van der Waals surface area contributed by atoms with Crippen molar-refractivity contribution in [2.75, 3.05) is 11.4 Å². The van der Waals surface area contributed by atoms with Gasteiger partial charge in [-0.1, -0.05) is 6.92 Å². The summed E-state index contributed by atoms with van der Waals surface area (Å²) in [7, 11) is 0. The van der Waals surface area contributed by atoms with Crippen molar-refractivity contribution in [1.82, 2.24) is 9.97 Å². The predicted molar refractivity (Wildman–Crippen MR) is 58.6 cm³/mol. The van der Waals surface area contributed by atoms with E-state index in [9.17, 15) is 0 Å². The number of hydrogen-bond donors (Lipinski definition) is 1. The molecule has 1 aromatic rings. The third-order valence-electron chi connectivity index (χ3n) is 3.15. The molecule has 14 heavy (non-hydrogen) atoms. The highest BCUT2D eigenvalue weighted by Gasteiger charge is 2.33. The lowest BCUT2D eigenvalue weighted by atomic mass is 10.0. The summed E-state index contributed by atoms with van der Waals surface area (Å²) in [5, 5.41) is 0. The van der Waals surface area contributed by atoms with Crippen molar-refractivity contribution in [3.8, 4) is 0 Å². The molecule has 1 aliphatic heterocycles. The summed E-state index contributed by atoms with van der Waals surface area (Å²) in [5.41, 5.74) is 1.49. The summed E-state index contributed by atoms with van der Waals surface area (Å²) < 4.78 is 0. The van der Waals surface area contributed by atoms with Crippen molar-refractivity contribution < 1.29 is 0 Å². The molecule has 3 nitrogen and oxygen atoms in total. The van der Waals surface area contributed by atoms with Crippen molar-refractivity contribution in [3.05, 3.63) is 11.9 Å². The lowest BCUT2D eigenvalue weighted by molar-refractivity contribution is 0.511. The van der Waals surface area contributed by atoms with Crippen molar-refractivity contribution in [3.63, 3.8) is 0 Å². The van der Waals surface area contributed by atoms with E-state index in [1.807, 2.05) is 6.20 Å². The van der Waals surface area contributed by atoms with E-state index in [0.717, 1.165) is 18.9 Å². The summed E-state index contributed by atoms with van der Waals surface area (Å²) in [6.07, 6.45) is 5.51. The number of nitrogens with zero attached hydrogens (tertiary/aromatic N) is 2. The molecule has 0 bridgehead atoms. The second-order valence-electron chi connectivity index (χ2n) is 4.65. The maximum atomic E-state index is 4.44. The fraction of sp³-hybridized carbons (Fsp3) is 0.727. The first-order valence-corrected chi connectivity index (χ1v) is 5.45. The first-order chi connectivity index (χ1) is 6.63. The predicted octanol–water partition coefficient (Wildman–Crippen LogP) is 2.35. The number of aromatic nitrogens is 2. The third kappa shape index (κ3) is 1.51. The van der Waals surface area contributed by atoms with E-state index in [1.165, 1.54) is 18.5 Å². The number of imidazole rings is 1. The van der Waals surface area contributed by atoms with Gasteiger partial charge in [-0.3, -0.25) is 0 Å². The first-order valence-electron chi connectivity index (χ1n) is 5.45. The van der Waals surface area contributed by atoms with E-state index in [4.69, 9.17) is 0 Å². The molecule has 0 aliphatic carbocycles. The molecular formula is C11H19N3. The Bertz CT molecular complexity index is 314. The smallest absolute Gasteiger partial charge is 0.203 e. The highest BCUT2D eigenvalue weighted by Crippen LogP contribution is 2.31. The summed E-state index contributed by atoms with van der Waals surface area (Å²) >= 11 is 0. The molecule has 1 saturated heterocycles. The van der Waals surface area contributed by atoms with Gasteiger partial charge in [-0.05, 0) is 33.1 Å². The van der Waals surface area contributed by atoms with Crippen LogP contribution in [0.15, 0.2) is 6.20 Å². The van der Waals surface area contributed by atoms with E-state index < -0.39 is 0 Å². The average molecular weight is 193 g/mol. The van der Waals surface area contributed by atoms with Gasteiger partial charge >= 0.3 is 0 Å². The summed E-state index contributed by atoms with van der Waals surface area (Å²) in [5.74, 6) is 1.05. The molecule has 2 rings (SSSR count). The normalized spacial score (nSPS) is 20.4. The molecule has 0 aromatic carbocycles. The van der Waals surface area contributed by atoms with Crippen LogP contribution >= 0.6 is 0 Å². The van der Waals surface area contributed by atoms with Crippen LogP contribution in [0.3, 0.4) is 0 Å². The highest BCUT2D eigenvalue weighted by atomic mass is 15.3. The molecule has 0 amide bonds. The van der Waals surface area contributed by atoms with E-state index in [0.29, 0.717) is 0 Å². The summed E-state index contributed by atoms with van der Waals surface area (Å²) in [6.45, 7) is 7.85. The second kappa shape index (κ2) is 3.30. The molecule has 1 N–H and O–H groups in total. The van der Waals surface area contributed by atoms with Gasteiger partial charge in [0.2, 0.25) is 5.95 Å². The van der Waals surface area contributed by atoms with Crippen LogP contribution in [0.1, 0.15) is 39.3 Å². The molecule has 1 aliphatic rings. The minimum atomic E-state index is 0.267. The van der Waals surface area contributed by atoms with Crippen molar-refractivity contribution in [2.45, 2.75) is 45.6 Å². The van der Waals surface area contributed by atoms with Gasteiger partial charge in [0.25, 0.3) is 0 Å². The van der Waals surface area contributed by atoms with Gasteiger partial charge in [0.1, 0.15) is 0 Å². The molecule has 0 unspecified atom stereocenters. The van der Waals surface area contributed by atoms with Crippen LogP contribution in [0.5, 0.6) is 0 Å². The lowest BCUT2D eigenvalue weighted by Crippen LogP contribution is -2.38. The number of rotatable bonds is 2. The molecular weight excluding hydrogens is 174 g/mol. The highest BCUT2D eigenvalue weighted by molar-refractivity contribution is 5.37. The standard InChI is InChI=1S/C11H19N3/c1-4-9-8-12-10(13-9)14-7-5-6-11(14,2)3/h8H,4-7H2,1-3H3,(H,12,13). The Kier molecular flexibility index (Phi) is 2.25. The van der Waals surface area contributed by atoms with E-state index in [-0.39, 0.29) is 5.54 Å². The second-order valence-corrected chi connectivity index (χ2v) is 4.65. The maximum Gasteiger partial charge on any atom is 0.203 e. The Morgan fingerprint density at radius 3 is 2.86 bits per heavy atom.